The summed E-state index contributed by atoms with van der Waals surface area (Å²) in [5.41, 5.74) is 2.69. The van der Waals surface area contributed by atoms with Crippen molar-refractivity contribution in [3.63, 3.8) is 0 Å². The molecule has 0 amide bonds. The number of rotatable bonds is 6. The maximum absolute atomic E-state index is 5.88. The number of ether oxygens (including phenoxy) is 2. The molecule has 0 bridgehead atoms. The summed E-state index contributed by atoms with van der Waals surface area (Å²) in [5.74, 6) is 2.37. The van der Waals surface area contributed by atoms with E-state index in [0.29, 0.717) is 6.61 Å². The summed E-state index contributed by atoms with van der Waals surface area (Å²) in [5, 5.41) is 4.12. The maximum atomic E-state index is 5.88. The summed E-state index contributed by atoms with van der Waals surface area (Å²) < 4.78 is 13.1. The molecule has 2 aromatic heterocycles. The number of hydrogen-bond acceptors (Lipinski definition) is 5. The smallest absolute Gasteiger partial charge is 0.145 e. The summed E-state index contributed by atoms with van der Waals surface area (Å²) in [6.07, 6.45) is 1.78. The Bertz CT molecular complexity index is 1060. The molecule has 0 spiro atoms. The fraction of sp³-hybridized carbons (Fsp3) is 0.200. The second-order valence-corrected chi connectivity index (χ2v) is 5.92. The molecule has 26 heavy (non-hydrogen) atoms. The molecule has 0 aliphatic heterocycles. The first-order valence-electron chi connectivity index (χ1n) is 8.49. The number of nitrogens with zero attached hydrogens (tertiary/aromatic N) is 3. The van der Waals surface area contributed by atoms with Crippen LogP contribution in [0.5, 0.6) is 11.5 Å². The third kappa shape index (κ3) is 2.95. The fourth-order valence-electron chi connectivity index (χ4n) is 2.93. The first kappa shape index (κ1) is 16.4. The van der Waals surface area contributed by atoms with Crippen LogP contribution in [0.25, 0.3) is 27.8 Å². The first-order chi connectivity index (χ1) is 12.8. The van der Waals surface area contributed by atoms with Crippen LogP contribution in [0, 0.1) is 0 Å². The van der Waals surface area contributed by atoms with Crippen LogP contribution in [0.2, 0.25) is 0 Å². The number of pyridine rings is 1. The van der Waals surface area contributed by atoms with E-state index in [0.717, 1.165) is 45.8 Å². The minimum atomic E-state index is 0.593. The fourth-order valence-corrected chi connectivity index (χ4v) is 2.93. The number of nitrogens with one attached hydrogen (secondary N) is 1. The van der Waals surface area contributed by atoms with Crippen molar-refractivity contribution in [2.45, 2.75) is 0 Å². The zero-order valence-electron chi connectivity index (χ0n) is 14.8. The summed E-state index contributed by atoms with van der Waals surface area (Å²) in [4.78, 5) is 9.31. The number of fused-ring (bicyclic) bond motifs is 2. The van der Waals surface area contributed by atoms with Gasteiger partial charge in [-0.3, -0.25) is 4.57 Å². The monoisotopic (exact) mass is 348 g/mol. The standard InChI is InChI=1S/C20H20N4O2/c1-21-10-11-26-18-5-3-4-14-6-9-19(23-20(14)18)24-13-22-16-12-15(25-2)7-8-17(16)24/h3-9,12-13,21H,10-11H2,1-2H3. The normalized spacial score (nSPS) is 11.2. The van der Waals surface area contributed by atoms with E-state index in [1.165, 1.54) is 0 Å². The average Bonchev–Trinajstić information content (AvgIpc) is 3.11. The number of likely N-dealkylation sites (N-methyl/N-ethyl adjacent to an activating group) is 1. The van der Waals surface area contributed by atoms with Crippen molar-refractivity contribution in [3.8, 4) is 17.3 Å². The van der Waals surface area contributed by atoms with Gasteiger partial charge in [0.1, 0.15) is 35.8 Å². The van der Waals surface area contributed by atoms with Crippen molar-refractivity contribution in [2.24, 2.45) is 0 Å². The highest BCUT2D eigenvalue weighted by molar-refractivity contribution is 5.86. The zero-order chi connectivity index (χ0) is 17.9. The van der Waals surface area contributed by atoms with Crippen LogP contribution < -0.4 is 14.8 Å². The van der Waals surface area contributed by atoms with Gasteiger partial charge < -0.3 is 14.8 Å². The molecule has 2 heterocycles. The van der Waals surface area contributed by atoms with Gasteiger partial charge >= 0.3 is 0 Å². The van der Waals surface area contributed by atoms with Gasteiger partial charge in [0.2, 0.25) is 0 Å². The highest BCUT2D eigenvalue weighted by Crippen LogP contribution is 2.27. The van der Waals surface area contributed by atoms with Crippen molar-refractivity contribution < 1.29 is 9.47 Å². The second kappa shape index (κ2) is 7.01. The molecule has 0 saturated carbocycles. The van der Waals surface area contributed by atoms with Crippen molar-refractivity contribution in [2.75, 3.05) is 27.3 Å². The van der Waals surface area contributed by atoms with E-state index in [1.54, 1.807) is 13.4 Å². The molecule has 6 nitrogen and oxygen atoms in total. The van der Waals surface area contributed by atoms with Gasteiger partial charge in [-0.05, 0) is 37.4 Å². The largest absolute Gasteiger partial charge is 0.497 e. The predicted molar refractivity (Wildman–Crippen MR) is 102 cm³/mol. The maximum Gasteiger partial charge on any atom is 0.145 e. The summed E-state index contributed by atoms with van der Waals surface area (Å²) in [7, 11) is 3.56. The molecule has 4 rings (SSSR count). The number of para-hydroxylation sites is 1. The molecular weight excluding hydrogens is 328 g/mol. The van der Waals surface area contributed by atoms with E-state index in [2.05, 4.69) is 16.4 Å². The van der Waals surface area contributed by atoms with Gasteiger partial charge in [-0.2, -0.15) is 0 Å². The second-order valence-electron chi connectivity index (χ2n) is 5.92. The van der Waals surface area contributed by atoms with Crippen LogP contribution in [-0.4, -0.2) is 41.8 Å². The third-order valence-electron chi connectivity index (χ3n) is 4.28. The van der Waals surface area contributed by atoms with E-state index in [1.807, 2.05) is 54.1 Å². The molecule has 132 valence electrons. The van der Waals surface area contributed by atoms with Gasteiger partial charge in [0.15, 0.2) is 0 Å². The van der Waals surface area contributed by atoms with Gasteiger partial charge in [0, 0.05) is 18.0 Å². The number of benzene rings is 2. The Balaban J connectivity index is 1.78. The lowest BCUT2D eigenvalue weighted by Crippen LogP contribution is -2.16. The van der Waals surface area contributed by atoms with Gasteiger partial charge in [-0.25, -0.2) is 9.97 Å². The van der Waals surface area contributed by atoms with Gasteiger partial charge in [0.05, 0.1) is 18.1 Å². The number of hydrogen-bond donors (Lipinski definition) is 1. The highest BCUT2D eigenvalue weighted by Gasteiger charge is 2.10. The Labute approximate surface area is 151 Å². The van der Waals surface area contributed by atoms with Gasteiger partial charge in [-0.15, -0.1) is 0 Å². The SMILES string of the molecule is CNCCOc1cccc2ccc(-n3cnc4cc(OC)ccc43)nc12. The van der Waals surface area contributed by atoms with Crippen molar-refractivity contribution in [1.29, 1.82) is 0 Å². The summed E-state index contributed by atoms with van der Waals surface area (Å²) in [6, 6.07) is 15.8. The Morgan fingerprint density at radius 3 is 2.88 bits per heavy atom. The van der Waals surface area contributed by atoms with Crippen LogP contribution in [0.4, 0.5) is 0 Å². The lowest BCUT2D eigenvalue weighted by molar-refractivity contribution is 0.321. The molecule has 6 heteroatoms. The number of imidazole rings is 1. The highest BCUT2D eigenvalue weighted by atomic mass is 16.5. The summed E-state index contributed by atoms with van der Waals surface area (Å²) in [6.45, 7) is 1.37. The first-order valence-corrected chi connectivity index (χ1v) is 8.49. The summed E-state index contributed by atoms with van der Waals surface area (Å²) >= 11 is 0. The molecule has 0 saturated heterocycles. The Kier molecular flexibility index (Phi) is 4.41. The van der Waals surface area contributed by atoms with Crippen LogP contribution in [0.1, 0.15) is 0 Å². The van der Waals surface area contributed by atoms with Crippen LogP contribution in [0.15, 0.2) is 54.9 Å². The molecule has 0 aliphatic rings. The van der Waals surface area contributed by atoms with Crippen molar-refractivity contribution in [3.05, 3.63) is 54.9 Å². The van der Waals surface area contributed by atoms with E-state index < -0.39 is 0 Å². The lowest BCUT2D eigenvalue weighted by Gasteiger charge is -2.10. The van der Waals surface area contributed by atoms with Gasteiger partial charge in [-0.1, -0.05) is 12.1 Å². The molecule has 4 aromatic rings. The van der Waals surface area contributed by atoms with Crippen LogP contribution in [-0.2, 0) is 0 Å². The predicted octanol–water partition coefficient (Wildman–Crippen LogP) is 3.18. The van der Waals surface area contributed by atoms with E-state index in [4.69, 9.17) is 14.5 Å². The van der Waals surface area contributed by atoms with E-state index in [9.17, 15) is 0 Å². The topological polar surface area (TPSA) is 61.2 Å². The minimum absolute atomic E-state index is 0.593. The molecule has 0 atom stereocenters. The Morgan fingerprint density at radius 1 is 1.12 bits per heavy atom. The number of aromatic nitrogens is 3. The quantitative estimate of drug-likeness (QED) is 0.542. The minimum Gasteiger partial charge on any atom is -0.497 e. The molecular formula is C20H20N4O2. The van der Waals surface area contributed by atoms with Crippen molar-refractivity contribution >= 4 is 21.9 Å². The van der Waals surface area contributed by atoms with Crippen LogP contribution >= 0.6 is 0 Å². The Hall–Kier alpha value is -3.12. The molecule has 2 aromatic carbocycles. The van der Waals surface area contributed by atoms with Crippen LogP contribution in [0.3, 0.4) is 0 Å². The van der Waals surface area contributed by atoms with E-state index >= 15 is 0 Å². The third-order valence-corrected chi connectivity index (χ3v) is 4.28. The lowest BCUT2D eigenvalue weighted by atomic mass is 10.2. The van der Waals surface area contributed by atoms with Gasteiger partial charge in [0.25, 0.3) is 0 Å². The molecule has 0 radical (unpaired) electrons. The Morgan fingerprint density at radius 2 is 2.04 bits per heavy atom. The van der Waals surface area contributed by atoms with Crippen molar-refractivity contribution in [1.82, 2.24) is 19.9 Å². The number of methoxy groups -OCH3 is 1. The average molecular weight is 348 g/mol. The molecule has 0 aliphatic carbocycles. The van der Waals surface area contributed by atoms with E-state index in [-0.39, 0.29) is 0 Å². The zero-order valence-corrected chi connectivity index (χ0v) is 14.8. The molecule has 0 unspecified atom stereocenters. The molecule has 0 fully saturated rings. The molecule has 1 N–H and O–H groups in total.